The van der Waals surface area contributed by atoms with E-state index in [1.54, 1.807) is 13.8 Å². The van der Waals surface area contributed by atoms with Crippen molar-refractivity contribution in [1.82, 2.24) is 0 Å². The number of ether oxygens (including phenoxy) is 1. The summed E-state index contributed by atoms with van der Waals surface area (Å²) in [5.41, 5.74) is 1.68. The smallest absolute Gasteiger partial charge is 0.338 e. The van der Waals surface area contributed by atoms with Gasteiger partial charge in [-0.3, -0.25) is 14.2 Å². The van der Waals surface area contributed by atoms with Crippen molar-refractivity contribution in [1.29, 1.82) is 0 Å². The first kappa shape index (κ1) is 42.4. The van der Waals surface area contributed by atoms with E-state index in [2.05, 4.69) is 67.7 Å². The lowest BCUT2D eigenvalue weighted by Crippen LogP contribution is -2.43. The van der Waals surface area contributed by atoms with E-state index in [1.807, 2.05) is 19.1 Å². The lowest BCUT2D eigenvalue weighted by atomic mass is 10.1. The van der Waals surface area contributed by atoms with Gasteiger partial charge in [-0.15, -0.1) is 0 Å². The van der Waals surface area contributed by atoms with Crippen molar-refractivity contribution in [2.45, 2.75) is 131 Å². The van der Waals surface area contributed by atoms with Crippen LogP contribution in [0.1, 0.15) is 92.2 Å². The first-order valence-electron chi connectivity index (χ1n) is 16.1. The number of carbonyl (C=O) groups excluding carboxylic acids is 3. The second-order valence-corrected chi connectivity index (χ2v) is 26.4. The number of Topliss-reactive ketones (excluding diaryl/α,β-unsaturated/α-hetero) is 1. The monoisotopic (exact) mass is 702 g/mol. The van der Waals surface area contributed by atoms with E-state index in [9.17, 15) is 18.9 Å². The molecule has 0 saturated carbocycles. The summed E-state index contributed by atoms with van der Waals surface area (Å²) in [7, 11) is -7.85. The summed E-state index contributed by atoms with van der Waals surface area (Å²) in [6.07, 6.45) is 1.38. The SMILES string of the molecule is CCOP(=O)(CC(=O)CC(=O)OC(CO[Si](C)(C)C(C)(C)C)C/C(C)=C/c1cc(CO[Si](C)(C)C(C)(C)C)c(CC=O)o1)OCC. The summed E-state index contributed by atoms with van der Waals surface area (Å²) < 4.78 is 47.8. The maximum atomic E-state index is 12.9. The van der Waals surface area contributed by atoms with Crippen LogP contribution in [-0.4, -0.2) is 66.8 Å². The Kier molecular flexibility index (Phi) is 16.3. The van der Waals surface area contributed by atoms with Crippen molar-refractivity contribution in [3.05, 3.63) is 28.7 Å². The molecule has 46 heavy (non-hydrogen) atoms. The van der Waals surface area contributed by atoms with Crippen molar-refractivity contribution in [2.75, 3.05) is 26.0 Å². The van der Waals surface area contributed by atoms with Gasteiger partial charge in [0.2, 0.25) is 0 Å². The van der Waals surface area contributed by atoms with Crippen molar-refractivity contribution in [3.8, 4) is 0 Å². The summed E-state index contributed by atoms with van der Waals surface area (Å²) in [4.78, 5) is 37.0. The number of carbonyl (C=O) groups is 3. The van der Waals surface area contributed by atoms with Crippen molar-refractivity contribution in [3.63, 3.8) is 0 Å². The number of aldehydes is 1. The summed E-state index contributed by atoms with van der Waals surface area (Å²) in [5.74, 6) is -0.196. The lowest BCUT2D eigenvalue weighted by molar-refractivity contribution is -0.152. The Morgan fingerprint density at radius 3 is 2.00 bits per heavy atom. The third-order valence-corrected chi connectivity index (χ3v) is 19.6. The zero-order chi connectivity index (χ0) is 35.6. The van der Waals surface area contributed by atoms with E-state index in [4.69, 9.17) is 27.1 Å². The van der Waals surface area contributed by atoms with Gasteiger partial charge < -0.3 is 31.8 Å². The van der Waals surface area contributed by atoms with Gasteiger partial charge in [-0.2, -0.15) is 0 Å². The zero-order valence-electron chi connectivity index (χ0n) is 30.5. The summed E-state index contributed by atoms with van der Waals surface area (Å²) in [6.45, 7) is 27.4. The van der Waals surface area contributed by atoms with E-state index in [1.165, 1.54) is 0 Å². The minimum atomic E-state index is -3.64. The molecule has 1 rings (SSSR count). The van der Waals surface area contributed by atoms with Gasteiger partial charge >= 0.3 is 13.6 Å². The maximum Gasteiger partial charge on any atom is 0.338 e. The Labute approximate surface area is 279 Å². The highest BCUT2D eigenvalue weighted by atomic mass is 31.2. The molecule has 0 fully saturated rings. The molecule has 0 radical (unpaired) electrons. The van der Waals surface area contributed by atoms with E-state index in [0.29, 0.717) is 24.5 Å². The van der Waals surface area contributed by atoms with Gasteiger partial charge in [-0.1, -0.05) is 47.1 Å². The van der Waals surface area contributed by atoms with E-state index in [0.717, 1.165) is 17.4 Å². The standard InChI is InChI=1S/C33H59O10PSi2/c1-14-38-44(37,39-15-2)24-27(35)21-31(36)43-29(23-41-46(12,13)33(7,8)9)19-25(3)18-28-20-26(30(42-28)16-17-34)22-40-45(10,11)32(4,5)6/h17-18,20,29H,14-16,19,21-24H2,1-13H3/b25-18+. The van der Waals surface area contributed by atoms with Gasteiger partial charge in [0.15, 0.2) is 22.4 Å². The van der Waals surface area contributed by atoms with Gasteiger partial charge in [0.1, 0.15) is 36.5 Å². The molecule has 0 aliphatic heterocycles. The van der Waals surface area contributed by atoms with E-state index in [-0.39, 0.29) is 36.3 Å². The Morgan fingerprint density at radius 2 is 1.50 bits per heavy atom. The van der Waals surface area contributed by atoms with Gasteiger partial charge in [-0.25, -0.2) is 0 Å². The molecule has 1 aromatic heterocycles. The molecule has 1 unspecified atom stereocenters. The fourth-order valence-electron chi connectivity index (χ4n) is 3.90. The van der Waals surface area contributed by atoms with Crippen molar-refractivity contribution < 1.29 is 46.0 Å². The predicted molar refractivity (Wildman–Crippen MR) is 187 cm³/mol. The molecule has 264 valence electrons. The molecule has 0 aliphatic rings. The molecule has 0 spiro atoms. The number of hydrogen-bond donors (Lipinski definition) is 0. The van der Waals surface area contributed by atoms with Crippen LogP contribution in [0.2, 0.25) is 36.3 Å². The Morgan fingerprint density at radius 1 is 0.957 bits per heavy atom. The molecule has 0 aromatic carbocycles. The van der Waals surface area contributed by atoms with Crippen LogP contribution in [0.4, 0.5) is 0 Å². The molecule has 1 atom stereocenters. The quantitative estimate of drug-likeness (QED) is 0.0429. The number of ketones is 1. The fourth-order valence-corrected chi connectivity index (χ4v) is 7.47. The molecule has 0 N–H and O–H groups in total. The second kappa shape index (κ2) is 17.6. The molecule has 10 nitrogen and oxygen atoms in total. The molecule has 0 bridgehead atoms. The summed E-state index contributed by atoms with van der Waals surface area (Å²) in [6, 6.07) is 1.89. The first-order chi connectivity index (χ1) is 21.0. The zero-order valence-corrected chi connectivity index (χ0v) is 33.4. The van der Waals surface area contributed by atoms with Gasteiger partial charge in [0, 0.05) is 12.0 Å². The maximum absolute atomic E-state index is 12.9. The Balaban J connectivity index is 3.18. The van der Waals surface area contributed by atoms with Gasteiger partial charge in [0.25, 0.3) is 0 Å². The van der Waals surface area contributed by atoms with Crippen molar-refractivity contribution in [2.24, 2.45) is 0 Å². The number of esters is 1. The number of rotatable bonds is 20. The first-order valence-corrected chi connectivity index (χ1v) is 23.6. The third-order valence-electron chi connectivity index (χ3n) is 8.61. The van der Waals surface area contributed by atoms with Gasteiger partial charge in [-0.05, 0) is 69.2 Å². The average Bonchev–Trinajstić information content (AvgIpc) is 3.25. The average molecular weight is 703 g/mol. The van der Waals surface area contributed by atoms with Crippen LogP contribution in [0.5, 0.6) is 0 Å². The molecule has 0 aliphatic carbocycles. The summed E-state index contributed by atoms with van der Waals surface area (Å²) >= 11 is 0. The van der Waals surface area contributed by atoms with Crippen LogP contribution >= 0.6 is 7.60 Å². The lowest BCUT2D eigenvalue weighted by Gasteiger charge is -2.37. The van der Waals surface area contributed by atoms with Gasteiger partial charge in [0.05, 0.1) is 32.8 Å². The molecule has 0 saturated heterocycles. The minimum Gasteiger partial charge on any atom is -0.461 e. The van der Waals surface area contributed by atoms with Crippen LogP contribution in [0.25, 0.3) is 6.08 Å². The van der Waals surface area contributed by atoms with Crippen LogP contribution in [0, 0.1) is 0 Å². The van der Waals surface area contributed by atoms with Crippen LogP contribution in [0.3, 0.4) is 0 Å². The second-order valence-electron chi connectivity index (χ2n) is 14.7. The molecule has 0 amide bonds. The molecular formula is C33H59O10PSi2. The highest BCUT2D eigenvalue weighted by molar-refractivity contribution is 7.54. The normalized spacial score (nSPS) is 14.3. The molecule has 13 heteroatoms. The van der Waals surface area contributed by atoms with E-state index < -0.39 is 54.7 Å². The molecule has 1 aromatic rings. The predicted octanol–water partition coefficient (Wildman–Crippen LogP) is 8.50. The van der Waals surface area contributed by atoms with E-state index >= 15 is 0 Å². The highest BCUT2D eigenvalue weighted by Gasteiger charge is 2.39. The number of furan rings is 1. The molecular weight excluding hydrogens is 643 g/mol. The topological polar surface area (TPSA) is 128 Å². The largest absolute Gasteiger partial charge is 0.461 e. The van der Waals surface area contributed by atoms with Crippen LogP contribution in [0.15, 0.2) is 16.1 Å². The van der Waals surface area contributed by atoms with Crippen molar-refractivity contribution >= 4 is 48.3 Å². The highest BCUT2D eigenvalue weighted by Crippen LogP contribution is 2.48. The Hall–Kier alpha value is -1.67. The minimum absolute atomic E-state index is 0.0383. The fraction of sp³-hybridized carbons (Fsp3) is 0.727. The Bertz CT molecular complexity index is 1230. The van der Waals surface area contributed by atoms with Crippen LogP contribution in [-0.2, 0) is 54.6 Å². The van der Waals surface area contributed by atoms with Crippen LogP contribution < -0.4 is 0 Å². The third kappa shape index (κ3) is 13.8. The molecule has 1 heterocycles. The number of hydrogen-bond acceptors (Lipinski definition) is 10. The summed E-state index contributed by atoms with van der Waals surface area (Å²) in [5, 5.41) is -0.0230.